The molecule has 3 unspecified atom stereocenters. The van der Waals surface area contributed by atoms with Gasteiger partial charge in [-0.2, -0.15) is 0 Å². The summed E-state index contributed by atoms with van der Waals surface area (Å²) in [5.74, 6) is -0.329. The van der Waals surface area contributed by atoms with Crippen LogP contribution in [0.25, 0.3) is 0 Å². The lowest BCUT2D eigenvalue weighted by molar-refractivity contribution is 0.101. The Morgan fingerprint density at radius 2 is 2.23 bits per heavy atom. The van der Waals surface area contributed by atoms with Crippen LogP contribution in [0.15, 0.2) is 23.1 Å². The first-order chi connectivity index (χ1) is 10.5. The number of anilines is 1. The molecule has 3 N–H and O–H groups in total. The zero-order valence-electron chi connectivity index (χ0n) is 12.5. The first kappa shape index (κ1) is 16.9. The minimum Gasteiger partial charge on any atom is -0.393 e. The lowest BCUT2D eigenvalue weighted by atomic mass is 9.87. The number of hydrogen-bond donors (Lipinski definition) is 3. The molecule has 0 aliphatic heterocycles. The van der Waals surface area contributed by atoms with Gasteiger partial charge in [0.2, 0.25) is 0 Å². The molecule has 0 bridgehead atoms. The van der Waals surface area contributed by atoms with Crippen LogP contribution >= 0.6 is 0 Å². The number of aliphatic hydroxyl groups excluding tert-OH is 1. The second kappa shape index (κ2) is 7.69. The van der Waals surface area contributed by atoms with Crippen LogP contribution < -0.4 is 10.6 Å². The number of carbonyl (C=O) groups excluding carboxylic acids is 1. The molecule has 1 aromatic carbocycles. The van der Waals surface area contributed by atoms with E-state index in [1.807, 2.05) is 0 Å². The van der Waals surface area contributed by atoms with Gasteiger partial charge in [-0.15, -0.1) is 0 Å². The van der Waals surface area contributed by atoms with Gasteiger partial charge in [0, 0.05) is 18.5 Å². The van der Waals surface area contributed by atoms with E-state index >= 15 is 0 Å². The number of nitrogens with one attached hydrogen (secondary N) is 2. The fraction of sp³-hybridized carbons (Fsp3) is 0.533. The predicted octanol–water partition coefficient (Wildman–Crippen LogP) is 2.24. The van der Waals surface area contributed by atoms with E-state index in [9.17, 15) is 18.5 Å². The Hall–Kier alpha value is -1.47. The number of carbonyl (C=O) groups is 1. The van der Waals surface area contributed by atoms with E-state index in [4.69, 9.17) is 0 Å². The first-order valence-electron chi connectivity index (χ1n) is 7.31. The number of hydrogen-bond acceptors (Lipinski definition) is 3. The smallest absolute Gasteiger partial charge is 0.319 e. The topological polar surface area (TPSA) is 78.4 Å². The van der Waals surface area contributed by atoms with Gasteiger partial charge < -0.3 is 15.7 Å². The zero-order chi connectivity index (χ0) is 16.1. The molecule has 0 aromatic heterocycles. The Morgan fingerprint density at radius 3 is 2.86 bits per heavy atom. The highest BCUT2D eigenvalue weighted by Crippen LogP contribution is 2.23. The van der Waals surface area contributed by atoms with Gasteiger partial charge in [-0.25, -0.2) is 9.18 Å². The van der Waals surface area contributed by atoms with Crippen LogP contribution in [0.3, 0.4) is 0 Å². The summed E-state index contributed by atoms with van der Waals surface area (Å²) < 4.78 is 24.9. The van der Waals surface area contributed by atoms with Crippen molar-refractivity contribution in [1.29, 1.82) is 0 Å². The highest BCUT2D eigenvalue weighted by Gasteiger charge is 2.20. The van der Waals surface area contributed by atoms with Gasteiger partial charge in [0.15, 0.2) is 0 Å². The van der Waals surface area contributed by atoms with Crippen molar-refractivity contribution in [3.63, 3.8) is 0 Å². The standard InChI is InChI=1S/C15H21FN2O3S/c1-22(21)14-6-5-11(8-13(14)16)18-15(20)17-9-10-3-2-4-12(19)7-10/h5-6,8,10,12,19H,2-4,7,9H2,1H3,(H2,17,18,20). The molecule has 3 atom stereocenters. The zero-order valence-corrected chi connectivity index (χ0v) is 13.3. The summed E-state index contributed by atoms with van der Waals surface area (Å²) in [5.41, 5.74) is 0.313. The quantitative estimate of drug-likeness (QED) is 0.793. The van der Waals surface area contributed by atoms with Gasteiger partial charge in [0.25, 0.3) is 0 Å². The van der Waals surface area contributed by atoms with Crippen LogP contribution in [0.5, 0.6) is 0 Å². The van der Waals surface area contributed by atoms with Crippen molar-refractivity contribution in [2.75, 3.05) is 18.1 Å². The molecule has 0 heterocycles. The number of urea groups is 1. The highest BCUT2D eigenvalue weighted by atomic mass is 32.2. The maximum absolute atomic E-state index is 13.7. The fourth-order valence-corrected chi connectivity index (χ4v) is 3.27. The van der Waals surface area contributed by atoms with Crippen LogP contribution in [-0.2, 0) is 10.8 Å². The molecule has 1 saturated carbocycles. The molecule has 1 aliphatic carbocycles. The summed E-state index contributed by atoms with van der Waals surface area (Å²) in [6.07, 6.45) is 4.61. The molecule has 22 heavy (non-hydrogen) atoms. The third-order valence-electron chi connectivity index (χ3n) is 3.81. The normalized spacial score (nSPS) is 22.9. The summed E-state index contributed by atoms with van der Waals surface area (Å²) in [4.78, 5) is 11.9. The molecule has 0 spiro atoms. The molecule has 1 aliphatic rings. The monoisotopic (exact) mass is 328 g/mol. The molecular weight excluding hydrogens is 307 g/mol. The van der Waals surface area contributed by atoms with Gasteiger partial charge in [0.1, 0.15) is 5.82 Å². The van der Waals surface area contributed by atoms with E-state index in [0.717, 1.165) is 25.3 Å². The van der Waals surface area contributed by atoms with Gasteiger partial charge in [-0.1, -0.05) is 6.42 Å². The Labute approximate surface area is 131 Å². The van der Waals surface area contributed by atoms with E-state index in [1.165, 1.54) is 18.4 Å². The van der Waals surface area contributed by atoms with Crippen LogP contribution in [0.1, 0.15) is 25.7 Å². The van der Waals surface area contributed by atoms with E-state index in [0.29, 0.717) is 18.7 Å². The van der Waals surface area contributed by atoms with Crippen molar-refractivity contribution < 1.29 is 18.5 Å². The second-order valence-electron chi connectivity index (χ2n) is 5.62. The van der Waals surface area contributed by atoms with Crippen LogP contribution in [0.4, 0.5) is 14.9 Å². The van der Waals surface area contributed by atoms with Crippen molar-refractivity contribution in [1.82, 2.24) is 5.32 Å². The number of aliphatic hydroxyl groups is 1. The minimum atomic E-state index is -1.40. The average molecular weight is 328 g/mol. The Kier molecular flexibility index (Phi) is 5.90. The third-order valence-corrected chi connectivity index (χ3v) is 4.76. The largest absolute Gasteiger partial charge is 0.393 e. The molecule has 0 radical (unpaired) electrons. The second-order valence-corrected chi connectivity index (χ2v) is 6.97. The Bertz CT molecular complexity index is 568. The summed E-state index contributed by atoms with van der Waals surface area (Å²) in [6, 6.07) is 3.66. The fourth-order valence-electron chi connectivity index (χ4n) is 2.67. The number of rotatable bonds is 4. The molecule has 7 heteroatoms. The lowest BCUT2D eigenvalue weighted by Crippen LogP contribution is -2.35. The summed E-state index contributed by atoms with van der Waals surface area (Å²) in [7, 11) is -1.40. The highest BCUT2D eigenvalue weighted by molar-refractivity contribution is 7.84. The van der Waals surface area contributed by atoms with E-state index in [1.54, 1.807) is 0 Å². The molecular formula is C15H21FN2O3S. The van der Waals surface area contributed by atoms with Crippen LogP contribution in [0.2, 0.25) is 0 Å². The Balaban J connectivity index is 1.84. The maximum Gasteiger partial charge on any atom is 0.319 e. The molecule has 0 saturated heterocycles. The third kappa shape index (κ3) is 4.78. The van der Waals surface area contributed by atoms with Crippen molar-refractivity contribution in [2.24, 2.45) is 5.92 Å². The Morgan fingerprint density at radius 1 is 1.45 bits per heavy atom. The predicted molar refractivity (Wildman–Crippen MR) is 83.7 cm³/mol. The summed E-state index contributed by atoms with van der Waals surface area (Å²) >= 11 is 0. The molecule has 5 nitrogen and oxygen atoms in total. The molecule has 122 valence electrons. The summed E-state index contributed by atoms with van der Waals surface area (Å²) in [6.45, 7) is 0.489. The number of halogens is 1. The van der Waals surface area contributed by atoms with Gasteiger partial charge in [-0.3, -0.25) is 4.21 Å². The van der Waals surface area contributed by atoms with Crippen molar-refractivity contribution in [2.45, 2.75) is 36.7 Å². The minimum absolute atomic E-state index is 0.113. The van der Waals surface area contributed by atoms with Gasteiger partial charge in [-0.05, 0) is 43.4 Å². The van der Waals surface area contributed by atoms with Crippen LogP contribution in [0, 0.1) is 11.7 Å². The van der Waals surface area contributed by atoms with E-state index in [-0.39, 0.29) is 16.9 Å². The van der Waals surface area contributed by atoms with Crippen molar-refractivity contribution in [3.05, 3.63) is 24.0 Å². The lowest BCUT2D eigenvalue weighted by Gasteiger charge is -2.25. The summed E-state index contributed by atoms with van der Waals surface area (Å²) in [5, 5.41) is 14.9. The number of benzene rings is 1. The van der Waals surface area contributed by atoms with E-state index in [2.05, 4.69) is 10.6 Å². The molecule has 2 amide bonds. The first-order valence-corrected chi connectivity index (χ1v) is 8.87. The average Bonchev–Trinajstić information content (AvgIpc) is 2.45. The molecule has 2 rings (SSSR count). The van der Waals surface area contributed by atoms with Crippen molar-refractivity contribution in [3.8, 4) is 0 Å². The maximum atomic E-state index is 13.7. The molecule has 1 aromatic rings. The van der Waals surface area contributed by atoms with Crippen LogP contribution in [-0.4, -0.2) is 34.3 Å². The molecule has 1 fully saturated rings. The van der Waals surface area contributed by atoms with Gasteiger partial charge in [0.05, 0.1) is 21.8 Å². The van der Waals surface area contributed by atoms with E-state index < -0.39 is 22.6 Å². The SMILES string of the molecule is CS(=O)c1ccc(NC(=O)NCC2CCCC(O)C2)cc1F. The van der Waals surface area contributed by atoms with Gasteiger partial charge >= 0.3 is 6.03 Å². The number of amides is 2. The van der Waals surface area contributed by atoms with Crippen molar-refractivity contribution >= 4 is 22.5 Å².